The molecule has 1 aliphatic rings. The molecular weight excluding hydrogens is 571 g/mol. The molecule has 43 heavy (non-hydrogen) atoms. The van der Waals surface area contributed by atoms with E-state index in [0.717, 1.165) is 25.6 Å². The molecule has 0 aliphatic carbocycles. The van der Waals surface area contributed by atoms with E-state index >= 15 is 0 Å². The van der Waals surface area contributed by atoms with E-state index in [1.54, 1.807) is 59.5 Å². The van der Waals surface area contributed by atoms with Crippen molar-refractivity contribution in [2.45, 2.75) is 11.3 Å². The van der Waals surface area contributed by atoms with Crippen LogP contribution < -0.4 is 20.1 Å². The Morgan fingerprint density at radius 2 is 1.56 bits per heavy atom. The smallest absolute Gasteiger partial charge is 0.265 e. The third kappa shape index (κ3) is 7.12. The minimum absolute atomic E-state index is 0.0430. The maximum atomic E-state index is 13.5. The van der Waals surface area contributed by atoms with Gasteiger partial charge in [-0.1, -0.05) is 30.3 Å². The number of benzene rings is 4. The Morgan fingerprint density at radius 3 is 2.30 bits per heavy atom. The van der Waals surface area contributed by atoms with Crippen LogP contribution in [-0.4, -0.2) is 58.4 Å². The summed E-state index contributed by atoms with van der Waals surface area (Å²) in [7, 11) is -2.67. The molecule has 1 fully saturated rings. The number of hydrogen-bond donors (Lipinski definition) is 3. The quantitative estimate of drug-likeness (QED) is 0.208. The van der Waals surface area contributed by atoms with Gasteiger partial charge in [0.05, 0.1) is 12.8 Å². The number of rotatable bonds is 11. The van der Waals surface area contributed by atoms with Gasteiger partial charge in [0.25, 0.3) is 21.8 Å². The highest BCUT2D eigenvalue weighted by molar-refractivity contribution is 7.92. The maximum Gasteiger partial charge on any atom is 0.265 e. The molecule has 9 nitrogen and oxygen atoms in total. The standard InChI is InChI=1S/C32H31FN4O5S/c1-42-29-13-12-23(22-6-2-8-25(18-22)32(39)37-16-5-17-37)20-30(29)43(40,41)36-28-11-4-10-27(21-28)34-14-15-35-31(38)24-7-3-9-26(33)19-24/h2-4,6-13,18-21,34,36H,5,14-17H2,1H3,(H,35,38). The number of nitrogens with zero attached hydrogens (tertiary/aromatic N) is 1. The molecule has 1 saturated heterocycles. The molecule has 0 radical (unpaired) electrons. The summed E-state index contributed by atoms with van der Waals surface area (Å²) >= 11 is 0. The summed E-state index contributed by atoms with van der Waals surface area (Å²) in [6.07, 6.45) is 0.993. The van der Waals surface area contributed by atoms with Crippen molar-refractivity contribution in [3.05, 3.63) is 108 Å². The Balaban J connectivity index is 1.27. The molecule has 0 bridgehead atoms. The molecule has 0 aromatic heterocycles. The van der Waals surface area contributed by atoms with Gasteiger partial charge >= 0.3 is 0 Å². The van der Waals surface area contributed by atoms with Crippen molar-refractivity contribution in [1.82, 2.24) is 10.2 Å². The monoisotopic (exact) mass is 602 g/mol. The fraction of sp³-hybridized carbons (Fsp3) is 0.188. The zero-order valence-electron chi connectivity index (χ0n) is 23.5. The molecule has 0 atom stereocenters. The Kier molecular flexibility index (Phi) is 8.91. The topological polar surface area (TPSA) is 117 Å². The van der Waals surface area contributed by atoms with Crippen molar-refractivity contribution in [2.24, 2.45) is 0 Å². The molecular formula is C32H31FN4O5S. The second kappa shape index (κ2) is 13.0. The summed E-state index contributed by atoms with van der Waals surface area (Å²) in [5.74, 6) is -0.753. The van der Waals surface area contributed by atoms with E-state index in [1.165, 1.54) is 31.4 Å². The van der Waals surface area contributed by atoms with Gasteiger partial charge in [-0.3, -0.25) is 14.3 Å². The minimum atomic E-state index is -4.07. The molecule has 3 N–H and O–H groups in total. The number of likely N-dealkylation sites (tertiary alicyclic amines) is 1. The number of sulfonamides is 1. The Morgan fingerprint density at radius 1 is 0.837 bits per heavy atom. The molecule has 0 saturated carbocycles. The third-order valence-electron chi connectivity index (χ3n) is 6.98. The Labute approximate surface area is 249 Å². The van der Waals surface area contributed by atoms with E-state index < -0.39 is 21.7 Å². The van der Waals surface area contributed by atoms with Crippen molar-refractivity contribution < 1.29 is 27.1 Å². The predicted molar refractivity (Wildman–Crippen MR) is 163 cm³/mol. The zero-order chi connectivity index (χ0) is 30.4. The highest BCUT2D eigenvalue weighted by Gasteiger charge is 2.23. The van der Waals surface area contributed by atoms with Crippen LogP contribution in [0.3, 0.4) is 0 Å². The van der Waals surface area contributed by atoms with Crippen molar-refractivity contribution in [3.63, 3.8) is 0 Å². The van der Waals surface area contributed by atoms with Gasteiger partial charge in [0.1, 0.15) is 16.5 Å². The fourth-order valence-electron chi connectivity index (χ4n) is 4.62. The fourth-order valence-corrected chi connectivity index (χ4v) is 5.86. The molecule has 0 spiro atoms. The van der Waals surface area contributed by atoms with Crippen molar-refractivity contribution in [3.8, 4) is 16.9 Å². The zero-order valence-corrected chi connectivity index (χ0v) is 24.3. The van der Waals surface area contributed by atoms with Crippen LogP contribution in [-0.2, 0) is 10.0 Å². The molecule has 2 amide bonds. The molecule has 1 aliphatic heterocycles. The van der Waals surface area contributed by atoms with E-state index in [2.05, 4.69) is 15.4 Å². The molecule has 0 unspecified atom stereocenters. The summed E-state index contributed by atoms with van der Waals surface area (Å²) in [5, 5.41) is 5.84. The first-order chi connectivity index (χ1) is 20.7. The van der Waals surface area contributed by atoms with Crippen LogP contribution >= 0.6 is 0 Å². The number of halogens is 1. The van der Waals surface area contributed by atoms with Crippen LogP contribution in [0.5, 0.6) is 5.75 Å². The van der Waals surface area contributed by atoms with Crippen molar-refractivity contribution in [1.29, 1.82) is 0 Å². The Bertz CT molecular complexity index is 1760. The average Bonchev–Trinajstić information content (AvgIpc) is 2.98. The summed E-state index contributed by atoms with van der Waals surface area (Å²) < 4.78 is 48.4. The van der Waals surface area contributed by atoms with Gasteiger partial charge in [0, 0.05) is 43.0 Å². The average molecular weight is 603 g/mol. The van der Waals surface area contributed by atoms with Crippen LogP contribution in [0, 0.1) is 5.82 Å². The molecule has 4 aromatic carbocycles. The highest BCUT2D eigenvalue weighted by Crippen LogP contribution is 2.32. The first-order valence-corrected chi connectivity index (χ1v) is 15.2. The van der Waals surface area contributed by atoms with E-state index in [-0.39, 0.29) is 28.7 Å². The lowest BCUT2D eigenvalue weighted by Gasteiger charge is -2.31. The minimum Gasteiger partial charge on any atom is -0.495 e. The van der Waals surface area contributed by atoms with Gasteiger partial charge in [0.15, 0.2) is 0 Å². The summed E-state index contributed by atoms with van der Waals surface area (Å²) in [5.41, 5.74) is 3.06. The van der Waals surface area contributed by atoms with Gasteiger partial charge in [-0.15, -0.1) is 0 Å². The number of anilines is 2. The summed E-state index contributed by atoms with van der Waals surface area (Å²) in [4.78, 5) is 26.6. The van der Waals surface area contributed by atoms with Gasteiger partial charge in [0.2, 0.25) is 0 Å². The van der Waals surface area contributed by atoms with E-state index in [9.17, 15) is 22.4 Å². The van der Waals surface area contributed by atoms with Gasteiger partial charge in [-0.25, -0.2) is 12.8 Å². The van der Waals surface area contributed by atoms with E-state index in [0.29, 0.717) is 34.6 Å². The van der Waals surface area contributed by atoms with Crippen LogP contribution in [0.25, 0.3) is 11.1 Å². The number of nitrogens with one attached hydrogen (secondary N) is 3. The van der Waals surface area contributed by atoms with Gasteiger partial charge < -0.3 is 20.3 Å². The first-order valence-electron chi connectivity index (χ1n) is 13.7. The van der Waals surface area contributed by atoms with E-state index in [1.807, 2.05) is 6.07 Å². The summed E-state index contributed by atoms with van der Waals surface area (Å²) in [6, 6.07) is 24.1. The second-order valence-electron chi connectivity index (χ2n) is 9.97. The number of ether oxygens (including phenoxy) is 1. The number of hydrogen-bond acceptors (Lipinski definition) is 6. The molecule has 11 heteroatoms. The van der Waals surface area contributed by atoms with Crippen molar-refractivity contribution in [2.75, 3.05) is 43.3 Å². The van der Waals surface area contributed by atoms with Crippen LogP contribution in [0.15, 0.2) is 95.9 Å². The SMILES string of the molecule is COc1ccc(-c2cccc(C(=O)N3CCC3)c2)cc1S(=O)(=O)Nc1cccc(NCCNC(=O)c2cccc(F)c2)c1. The van der Waals surface area contributed by atoms with Crippen molar-refractivity contribution >= 4 is 33.2 Å². The van der Waals surface area contributed by atoms with Gasteiger partial charge in [-0.2, -0.15) is 0 Å². The van der Waals surface area contributed by atoms with E-state index in [4.69, 9.17) is 4.74 Å². The van der Waals surface area contributed by atoms with Crippen LogP contribution in [0.2, 0.25) is 0 Å². The normalized spacial score (nSPS) is 12.7. The lowest BCUT2D eigenvalue weighted by atomic mass is 10.0. The number of amides is 2. The molecule has 4 aromatic rings. The molecule has 1 heterocycles. The number of carbonyl (C=O) groups is 2. The summed E-state index contributed by atoms with van der Waals surface area (Å²) in [6.45, 7) is 2.10. The second-order valence-corrected chi connectivity index (χ2v) is 11.6. The van der Waals surface area contributed by atoms with Gasteiger partial charge in [-0.05, 0) is 78.2 Å². The van der Waals surface area contributed by atoms with Crippen LogP contribution in [0.1, 0.15) is 27.1 Å². The molecule has 5 rings (SSSR count). The maximum absolute atomic E-state index is 13.5. The number of methoxy groups -OCH3 is 1. The predicted octanol–water partition coefficient (Wildman–Crippen LogP) is 4.99. The largest absolute Gasteiger partial charge is 0.495 e. The number of carbonyl (C=O) groups excluding carboxylic acids is 2. The first kappa shape index (κ1) is 29.6. The Hall–Kier alpha value is -4.90. The third-order valence-corrected chi connectivity index (χ3v) is 8.38. The molecule has 222 valence electrons. The highest BCUT2D eigenvalue weighted by atomic mass is 32.2. The lowest BCUT2D eigenvalue weighted by Crippen LogP contribution is -2.41. The lowest BCUT2D eigenvalue weighted by molar-refractivity contribution is 0.0651. The van der Waals surface area contributed by atoms with Crippen LogP contribution in [0.4, 0.5) is 15.8 Å².